The van der Waals surface area contributed by atoms with Crippen molar-refractivity contribution >= 4 is 34.0 Å². The maximum absolute atomic E-state index is 12.8. The fraction of sp³-hybridized carbons (Fsp3) is 0. The van der Waals surface area contributed by atoms with Crippen LogP contribution in [0.4, 0.5) is 17.3 Å². The standard InChI is InChI=1S/C26H19N5O/c32-25(24-12-15-28-26(31-24)30-22-10-13-27-14-11-22)29-23-7-3-6-20(17-23)21-9-8-18-4-1-2-5-19(18)16-21/h1-17H,(H,29,32)(H,27,28,30,31). The predicted molar refractivity (Wildman–Crippen MR) is 127 cm³/mol. The molecule has 0 atom stereocenters. The lowest BCUT2D eigenvalue weighted by molar-refractivity contribution is 0.102. The minimum absolute atomic E-state index is 0.271. The van der Waals surface area contributed by atoms with Crippen LogP contribution in [0.1, 0.15) is 10.5 Å². The first-order valence-corrected chi connectivity index (χ1v) is 10.2. The molecule has 5 rings (SSSR count). The largest absolute Gasteiger partial charge is 0.324 e. The van der Waals surface area contributed by atoms with Crippen LogP contribution in [-0.2, 0) is 0 Å². The average Bonchev–Trinajstić information content (AvgIpc) is 2.85. The number of fused-ring (bicyclic) bond motifs is 1. The molecule has 0 radical (unpaired) electrons. The topological polar surface area (TPSA) is 79.8 Å². The van der Waals surface area contributed by atoms with Crippen LogP contribution in [0.25, 0.3) is 21.9 Å². The molecule has 0 fully saturated rings. The summed E-state index contributed by atoms with van der Waals surface area (Å²) in [4.78, 5) is 25.3. The van der Waals surface area contributed by atoms with Crippen molar-refractivity contribution in [2.75, 3.05) is 10.6 Å². The number of pyridine rings is 1. The molecule has 6 heteroatoms. The molecule has 6 nitrogen and oxygen atoms in total. The smallest absolute Gasteiger partial charge is 0.274 e. The van der Waals surface area contributed by atoms with Gasteiger partial charge in [0.25, 0.3) is 5.91 Å². The van der Waals surface area contributed by atoms with E-state index in [1.54, 1.807) is 36.8 Å². The number of carbonyl (C=O) groups is 1. The van der Waals surface area contributed by atoms with Gasteiger partial charge in [-0.05, 0) is 58.3 Å². The van der Waals surface area contributed by atoms with E-state index in [1.807, 2.05) is 36.4 Å². The Morgan fingerprint density at radius 1 is 0.688 bits per heavy atom. The highest BCUT2D eigenvalue weighted by molar-refractivity contribution is 6.03. The van der Waals surface area contributed by atoms with Gasteiger partial charge in [-0.3, -0.25) is 9.78 Å². The third kappa shape index (κ3) is 4.29. The third-order valence-corrected chi connectivity index (χ3v) is 5.03. The summed E-state index contributed by atoms with van der Waals surface area (Å²) in [6.45, 7) is 0. The molecule has 0 aliphatic rings. The van der Waals surface area contributed by atoms with Crippen molar-refractivity contribution in [2.45, 2.75) is 0 Å². The van der Waals surface area contributed by atoms with Gasteiger partial charge in [-0.25, -0.2) is 9.97 Å². The summed E-state index contributed by atoms with van der Waals surface area (Å²) in [6, 6.07) is 27.6. The highest BCUT2D eigenvalue weighted by Gasteiger charge is 2.10. The van der Waals surface area contributed by atoms with Crippen molar-refractivity contribution in [3.63, 3.8) is 0 Å². The van der Waals surface area contributed by atoms with Crippen LogP contribution in [0.2, 0.25) is 0 Å². The Labute approximate surface area is 185 Å². The zero-order valence-corrected chi connectivity index (χ0v) is 17.1. The first-order valence-electron chi connectivity index (χ1n) is 10.2. The van der Waals surface area contributed by atoms with E-state index in [4.69, 9.17) is 0 Å². The second-order valence-electron chi connectivity index (χ2n) is 7.22. The molecule has 0 unspecified atom stereocenters. The zero-order valence-electron chi connectivity index (χ0n) is 17.1. The van der Waals surface area contributed by atoms with E-state index < -0.39 is 0 Å². The predicted octanol–water partition coefficient (Wildman–Crippen LogP) is 5.69. The summed E-state index contributed by atoms with van der Waals surface area (Å²) in [5, 5.41) is 8.37. The number of carbonyl (C=O) groups excluding carboxylic acids is 1. The van der Waals surface area contributed by atoms with Gasteiger partial charge in [-0.2, -0.15) is 0 Å². The number of benzene rings is 3. The highest BCUT2D eigenvalue weighted by Crippen LogP contribution is 2.26. The van der Waals surface area contributed by atoms with Gasteiger partial charge in [0.15, 0.2) is 0 Å². The Kier molecular flexibility index (Phi) is 5.24. The van der Waals surface area contributed by atoms with E-state index in [1.165, 1.54) is 10.8 Å². The first kappa shape index (κ1) is 19.4. The van der Waals surface area contributed by atoms with E-state index >= 15 is 0 Å². The molecular formula is C26H19N5O. The van der Waals surface area contributed by atoms with E-state index in [9.17, 15) is 4.79 Å². The van der Waals surface area contributed by atoms with Crippen LogP contribution >= 0.6 is 0 Å². The molecule has 0 aliphatic heterocycles. The van der Waals surface area contributed by atoms with Crippen molar-refractivity contribution in [3.8, 4) is 11.1 Å². The number of hydrogen-bond donors (Lipinski definition) is 2. The van der Waals surface area contributed by atoms with Gasteiger partial charge in [0.1, 0.15) is 5.69 Å². The fourth-order valence-corrected chi connectivity index (χ4v) is 3.45. The van der Waals surface area contributed by atoms with Gasteiger partial charge < -0.3 is 10.6 Å². The second-order valence-corrected chi connectivity index (χ2v) is 7.22. The van der Waals surface area contributed by atoms with Crippen molar-refractivity contribution < 1.29 is 4.79 Å². The fourth-order valence-electron chi connectivity index (χ4n) is 3.45. The Bertz CT molecular complexity index is 1400. The molecule has 32 heavy (non-hydrogen) atoms. The molecule has 2 aromatic heterocycles. The van der Waals surface area contributed by atoms with E-state index in [0.717, 1.165) is 16.8 Å². The van der Waals surface area contributed by atoms with Crippen LogP contribution in [-0.4, -0.2) is 20.9 Å². The molecule has 2 N–H and O–H groups in total. The summed E-state index contributed by atoms with van der Waals surface area (Å²) >= 11 is 0. The molecule has 3 aromatic carbocycles. The van der Waals surface area contributed by atoms with Crippen LogP contribution in [0, 0.1) is 0 Å². The molecule has 1 amide bonds. The normalized spacial score (nSPS) is 10.6. The maximum Gasteiger partial charge on any atom is 0.274 e. The van der Waals surface area contributed by atoms with E-state index in [0.29, 0.717) is 11.6 Å². The number of nitrogens with one attached hydrogen (secondary N) is 2. The lowest BCUT2D eigenvalue weighted by atomic mass is 10.0. The van der Waals surface area contributed by atoms with Gasteiger partial charge >= 0.3 is 0 Å². The number of anilines is 3. The number of nitrogens with zero attached hydrogens (tertiary/aromatic N) is 3. The Balaban J connectivity index is 1.35. The van der Waals surface area contributed by atoms with Crippen LogP contribution in [0.3, 0.4) is 0 Å². The van der Waals surface area contributed by atoms with Gasteiger partial charge in [-0.1, -0.05) is 48.5 Å². The molecule has 2 heterocycles. The first-order chi connectivity index (χ1) is 15.7. The molecule has 0 spiro atoms. The van der Waals surface area contributed by atoms with Crippen LogP contribution in [0.5, 0.6) is 0 Å². The Morgan fingerprint density at radius 2 is 1.50 bits per heavy atom. The number of hydrogen-bond acceptors (Lipinski definition) is 5. The highest BCUT2D eigenvalue weighted by atomic mass is 16.1. The molecule has 5 aromatic rings. The van der Waals surface area contributed by atoms with Crippen molar-refractivity contribution in [2.24, 2.45) is 0 Å². The van der Waals surface area contributed by atoms with Crippen LogP contribution < -0.4 is 10.6 Å². The van der Waals surface area contributed by atoms with Gasteiger partial charge in [0, 0.05) is 30.0 Å². The molecule has 154 valence electrons. The summed E-state index contributed by atoms with van der Waals surface area (Å²) < 4.78 is 0. The summed E-state index contributed by atoms with van der Waals surface area (Å²) in [5.74, 6) is 0.0367. The lowest BCUT2D eigenvalue weighted by Crippen LogP contribution is -2.14. The third-order valence-electron chi connectivity index (χ3n) is 5.03. The Morgan fingerprint density at radius 3 is 2.38 bits per heavy atom. The van der Waals surface area contributed by atoms with Gasteiger partial charge in [0.05, 0.1) is 0 Å². The quantitative estimate of drug-likeness (QED) is 0.384. The lowest BCUT2D eigenvalue weighted by Gasteiger charge is -2.09. The molecule has 0 aliphatic carbocycles. The average molecular weight is 417 g/mol. The minimum Gasteiger partial charge on any atom is -0.324 e. The number of rotatable bonds is 5. The van der Waals surface area contributed by atoms with Crippen LogP contribution in [0.15, 0.2) is 104 Å². The molecule has 0 saturated heterocycles. The van der Waals surface area contributed by atoms with E-state index in [-0.39, 0.29) is 11.6 Å². The van der Waals surface area contributed by atoms with E-state index in [2.05, 4.69) is 55.9 Å². The number of aromatic nitrogens is 3. The SMILES string of the molecule is O=C(Nc1cccc(-c2ccc3ccccc3c2)c1)c1ccnc(Nc2ccncc2)n1. The summed E-state index contributed by atoms with van der Waals surface area (Å²) in [6.07, 6.45) is 4.89. The molecule has 0 saturated carbocycles. The monoisotopic (exact) mass is 417 g/mol. The summed E-state index contributed by atoms with van der Waals surface area (Å²) in [5.41, 5.74) is 3.87. The zero-order chi connectivity index (χ0) is 21.8. The van der Waals surface area contributed by atoms with Crippen molar-refractivity contribution in [3.05, 3.63) is 109 Å². The molecule has 0 bridgehead atoms. The van der Waals surface area contributed by atoms with Gasteiger partial charge in [0.2, 0.25) is 5.95 Å². The Hall–Kier alpha value is -4.58. The summed E-state index contributed by atoms with van der Waals surface area (Å²) in [7, 11) is 0. The molecular weight excluding hydrogens is 398 g/mol. The number of amides is 1. The second kappa shape index (κ2) is 8.65. The van der Waals surface area contributed by atoms with Crippen molar-refractivity contribution in [1.82, 2.24) is 15.0 Å². The minimum atomic E-state index is -0.305. The van der Waals surface area contributed by atoms with Crippen molar-refractivity contribution in [1.29, 1.82) is 0 Å². The maximum atomic E-state index is 12.8. The van der Waals surface area contributed by atoms with Gasteiger partial charge in [-0.15, -0.1) is 0 Å².